The van der Waals surface area contributed by atoms with E-state index in [1.54, 1.807) is 7.11 Å². The van der Waals surface area contributed by atoms with Crippen LogP contribution in [0.4, 0.5) is 0 Å². The van der Waals surface area contributed by atoms with E-state index in [-0.39, 0.29) is 30.1 Å². The summed E-state index contributed by atoms with van der Waals surface area (Å²) in [5.41, 5.74) is 1.53. The Balaban J connectivity index is 0.00000225. The molecule has 1 aromatic rings. The van der Waals surface area contributed by atoms with E-state index in [2.05, 4.69) is 20.3 Å². The van der Waals surface area contributed by atoms with Crippen LogP contribution < -0.4 is 5.32 Å². The second-order valence-corrected chi connectivity index (χ2v) is 6.90. The molecular weight excluding hydrogens is 433 g/mol. The maximum absolute atomic E-state index is 5.92. The molecule has 0 aromatic carbocycles. The van der Waals surface area contributed by atoms with Gasteiger partial charge in [-0.3, -0.25) is 9.67 Å². The van der Waals surface area contributed by atoms with Gasteiger partial charge in [0.25, 0.3) is 0 Å². The van der Waals surface area contributed by atoms with Gasteiger partial charge in [-0.25, -0.2) is 0 Å². The summed E-state index contributed by atoms with van der Waals surface area (Å²) >= 11 is 0. The summed E-state index contributed by atoms with van der Waals surface area (Å²) in [7, 11) is 5.56. The molecule has 1 aromatic heterocycles. The van der Waals surface area contributed by atoms with Crippen LogP contribution >= 0.6 is 24.0 Å². The van der Waals surface area contributed by atoms with Gasteiger partial charge in [-0.1, -0.05) is 0 Å². The third-order valence-electron chi connectivity index (χ3n) is 5.09. The molecular formula is C17H30IN5O2. The highest BCUT2D eigenvalue weighted by Gasteiger charge is 2.42. The summed E-state index contributed by atoms with van der Waals surface area (Å²) in [5.74, 6) is 0.968. The van der Waals surface area contributed by atoms with Gasteiger partial charge in [0, 0.05) is 52.7 Å². The van der Waals surface area contributed by atoms with Crippen LogP contribution in [-0.2, 0) is 16.5 Å². The molecule has 7 nitrogen and oxygen atoms in total. The number of rotatable bonds is 6. The lowest BCUT2D eigenvalue weighted by molar-refractivity contribution is -0.00812. The largest absolute Gasteiger partial charge is 0.385 e. The molecule has 1 saturated heterocycles. The zero-order valence-electron chi connectivity index (χ0n) is 15.4. The predicted molar refractivity (Wildman–Crippen MR) is 108 cm³/mol. The first-order chi connectivity index (χ1) is 11.7. The lowest BCUT2D eigenvalue weighted by atomic mass is 10.0. The number of aliphatic imine (C=N–C) groups is 1. The quantitative estimate of drug-likeness (QED) is 0.396. The lowest BCUT2D eigenvalue weighted by Gasteiger charge is -2.35. The normalized spacial score (nSPS) is 22.4. The number of aromatic nitrogens is 2. The van der Waals surface area contributed by atoms with E-state index in [4.69, 9.17) is 9.47 Å². The molecule has 2 fully saturated rings. The average molecular weight is 463 g/mol. The van der Waals surface area contributed by atoms with Crippen LogP contribution in [0.5, 0.6) is 0 Å². The minimum Gasteiger partial charge on any atom is -0.385 e. The first kappa shape index (κ1) is 20.4. The molecule has 1 aliphatic carbocycles. The summed E-state index contributed by atoms with van der Waals surface area (Å²) in [6.45, 7) is 4.17. The van der Waals surface area contributed by atoms with Gasteiger partial charge in [0.1, 0.15) is 6.10 Å². The first-order valence-electron chi connectivity index (χ1n) is 8.70. The number of halogens is 1. The van der Waals surface area contributed by atoms with Gasteiger partial charge >= 0.3 is 0 Å². The van der Waals surface area contributed by atoms with Crippen molar-refractivity contribution in [3.05, 3.63) is 18.0 Å². The molecule has 1 saturated carbocycles. The molecule has 142 valence electrons. The van der Waals surface area contributed by atoms with Gasteiger partial charge in [-0.15, -0.1) is 24.0 Å². The van der Waals surface area contributed by atoms with Crippen molar-refractivity contribution < 1.29 is 9.47 Å². The third kappa shape index (κ3) is 5.30. The molecule has 2 heterocycles. The van der Waals surface area contributed by atoms with Gasteiger partial charge in [-0.05, 0) is 24.7 Å². The van der Waals surface area contributed by atoms with Gasteiger partial charge < -0.3 is 19.7 Å². The van der Waals surface area contributed by atoms with Crippen molar-refractivity contribution in [3.63, 3.8) is 0 Å². The maximum Gasteiger partial charge on any atom is 0.193 e. The Morgan fingerprint density at radius 3 is 2.92 bits per heavy atom. The topological polar surface area (TPSA) is 63.9 Å². The number of morpholine rings is 1. The van der Waals surface area contributed by atoms with E-state index in [0.717, 1.165) is 44.2 Å². The predicted octanol–water partition coefficient (Wildman–Crippen LogP) is 1.80. The van der Waals surface area contributed by atoms with Crippen molar-refractivity contribution in [1.82, 2.24) is 20.0 Å². The highest BCUT2D eigenvalue weighted by Crippen LogP contribution is 2.48. The summed E-state index contributed by atoms with van der Waals surface area (Å²) in [4.78, 5) is 6.77. The number of aryl methyl sites for hydroxylation is 1. The Labute approximate surface area is 167 Å². The summed E-state index contributed by atoms with van der Waals surface area (Å²) in [6, 6.07) is 0. The molecule has 0 radical (unpaired) electrons. The fraction of sp³-hybridized carbons (Fsp3) is 0.765. The van der Waals surface area contributed by atoms with Crippen LogP contribution in [0.1, 0.15) is 30.9 Å². The van der Waals surface area contributed by atoms with E-state index in [1.165, 1.54) is 12.8 Å². The SMILES string of the molecule is CN=C(NCC1(CCOC)CC1)N1CCOC(c2cnn(C)c2)C1.I. The summed E-state index contributed by atoms with van der Waals surface area (Å²) in [6.07, 6.45) is 7.63. The van der Waals surface area contributed by atoms with Gasteiger partial charge in [-0.2, -0.15) is 5.10 Å². The van der Waals surface area contributed by atoms with Crippen molar-refractivity contribution >= 4 is 29.9 Å². The number of guanidine groups is 1. The number of hydrogen-bond acceptors (Lipinski definition) is 4. The Morgan fingerprint density at radius 1 is 1.52 bits per heavy atom. The number of nitrogens with zero attached hydrogens (tertiary/aromatic N) is 4. The summed E-state index contributed by atoms with van der Waals surface area (Å²) < 4.78 is 13.0. The van der Waals surface area contributed by atoms with E-state index >= 15 is 0 Å². The van der Waals surface area contributed by atoms with Crippen LogP contribution in [-0.4, -0.2) is 67.6 Å². The van der Waals surface area contributed by atoms with Crippen molar-refractivity contribution in [2.24, 2.45) is 17.5 Å². The third-order valence-corrected chi connectivity index (χ3v) is 5.09. The second kappa shape index (κ2) is 9.18. The molecule has 0 spiro atoms. The fourth-order valence-electron chi connectivity index (χ4n) is 3.26. The standard InChI is InChI=1S/C17H29N5O2.HI/c1-18-16(19-13-17(4-5-17)6-8-23-3)22-7-9-24-15(12-22)14-10-20-21(2)11-14;/h10-11,15H,4-9,12-13H2,1-3H3,(H,18,19);1H. The van der Waals surface area contributed by atoms with Crippen LogP contribution in [0.2, 0.25) is 0 Å². The van der Waals surface area contributed by atoms with Crippen molar-refractivity contribution in [2.75, 3.05) is 47.0 Å². The van der Waals surface area contributed by atoms with Crippen LogP contribution in [0.3, 0.4) is 0 Å². The smallest absolute Gasteiger partial charge is 0.193 e. The first-order valence-corrected chi connectivity index (χ1v) is 8.70. The molecule has 2 aliphatic rings. The number of ether oxygens (including phenoxy) is 2. The number of hydrogen-bond donors (Lipinski definition) is 1. The molecule has 25 heavy (non-hydrogen) atoms. The minimum absolute atomic E-state index is 0. The summed E-state index contributed by atoms with van der Waals surface area (Å²) in [5, 5.41) is 7.82. The van der Waals surface area contributed by atoms with E-state index in [1.807, 2.05) is 31.2 Å². The minimum atomic E-state index is 0. The van der Waals surface area contributed by atoms with Crippen molar-refractivity contribution in [2.45, 2.75) is 25.4 Å². The van der Waals surface area contributed by atoms with Crippen molar-refractivity contribution in [1.29, 1.82) is 0 Å². The second-order valence-electron chi connectivity index (χ2n) is 6.90. The van der Waals surface area contributed by atoms with E-state index < -0.39 is 0 Å². The molecule has 1 N–H and O–H groups in total. The molecule has 1 unspecified atom stereocenters. The zero-order valence-corrected chi connectivity index (χ0v) is 17.7. The Hall–Kier alpha value is -0.870. The molecule has 8 heteroatoms. The molecule has 3 rings (SSSR count). The van der Waals surface area contributed by atoms with Crippen LogP contribution in [0.15, 0.2) is 17.4 Å². The van der Waals surface area contributed by atoms with Crippen molar-refractivity contribution in [3.8, 4) is 0 Å². The highest BCUT2D eigenvalue weighted by molar-refractivity contribution is 14.0. The zero-order chi connectivity index (χ0) is 17.0. The number of methoxy groups -OCH3 is 1. The highest BCUT2D eigenvalue weighted by atomic mass is 127. The average Bonchev–Trinajstić information content (AvgIpc) is 3.25. The molecule has 0 bridgehead atoms. The Kier molecular flexibility index (Phi) is 7.51. The van der Waals surface area contributed by atoms with Gasteiger partial charge in [0.05, 0.1) is 19.3 Å². The van der Waals surface area contributed by atoms with Gasteiger partial charge in [0.15, 0.2) is 5.96 Å². The monoisotopic (exact) mass is 463 g/mol. The Bertz CT molecular complexity index is 573. The van der Waals surface area contributed by atoms with Crippen LogP contribution in [0.25, 0.3) is 0 Å². The Morgan fingerprint density at radius 2 is 2.32 bits per heavy atom. The van der Waals surface area contributed by atoms with E-state index in [0.29, 0.717) is 12.0 Å². The molecule has 0 amide bonds. The maximum atomic E-state index is 5.92. The molecule has 1 atom stereocenters. The lowest BCUT2D eigenvalue weighted by Crippen LogP contribution is -2.49. The number of nitrogens with one attached hydrogen (secondary N) is 1. The molecule has 1 aliphatic heterocycles. The van der Waals surface area contributed by atoms with Gasteiger partial charge in [0.2, 0.25) is 0 Å². The van der Waals surface area contributed by atoms with Crippen LogP contribution in [0, 0.1) is 5.41 Å². The van der Waals surface area contributed by atoms with E-state index in [9.17, 15) is 0 Å². The fourth-order valence-corrected chi connectivity index (χ4v) is 3.26.